The van der Waals surface area contributed by atoms with Crippen molar-refractivity contribution in [2.75, 3.05) is 6.61 Å². The van der Waals surface area contributed by atoms with Crippen LogP contribution in [0.15, 0.2) is 11.0 Å². The molecule has 8 atom stereocenters. The predicted octanol–water partition coefficient (Wildman–Crippen LogP) is 4.25. The first-order valence-corrected chi connectivity index (χ1v) is 14.7. The van der Waals surface area contributed by atoms with E-state index in [0.717, 1.165) is 35.5 Å². The van der Waals surface area contributed by atoms with Crippen molar-refractivity contribution in [2.24, 2.45) is 17.3 Å². The van der Waals surface area contributed by atoms with Gasteiger partial charge in [-0.05, 0) is 57.6 Å². The van der Waals surface area contributed by atoms with E-state index < -0.39 is 35.6 Å². The molecule has 4 heterocycles. The molecule has 0 aliphatic carbocycles. The maximum atomic E-state index is 13.7. The van der Waals surface area contributed by atoms with Crippen LogP contribution in [0.3, 0.4) is 0 Å². The number of rotatable bonds is 4. The second-order valence-electron chi connectivity index (χ2n) is 12.3. The number of fused-ring (bicyclic) bond motifs is 1. The van der Waals surface area contributed by atoms with Crippen LogP contribution >= 0.6 is 11.3 Å². The van der Waals surface area contributed by atoms with E-state index in [0.29, 0.717) is 19.4 Å². The minimum Gasteiger partial charge on any atom is -0.458 e. The molecule has 1 aromatic heterocycles. The topological polar surface area (TPSA) is 122 Å². The van der Waals surface area contributed by atoms with Crippen LogP contribution in [0.1, 0.15) is 83.8 Å². The summed E-state index contributed by atoms with van der Waals surface area (Å²) < 4.78 is 17.4. The number of carbonyl (C=O) groups is 2. The van der Waals surface area contributed by atoms with E-state index in [4.69, 9.17) is 14.2 Å². The minimum absolute atomic E-state index is 0.0501. The van der Waals surface area contributed by atoms with Gasteiger partial charge in [0.2, 0.25) is 0 Å². The normalized spacial score (nSPS) is 38.8. The number of cyclic esters (lactones) is 1. The number of aryl methyl sites for hydroxylation is 1. The molecule has 6 unspecified atom stereocenters. The third kappa shape index (κ3) is 6.91. The van der Waals surface area contributed by atoms with Gasteiger partial charge in [0.1, 0.15) is 11.9 Å². The van der Waals surface area contributed by atoms with Crippen molar-refractivity contribution in [3.05, 3.63) is 21.7 Å². The molecule has 1 aromatic rings. The van der Waals surface area contributed by atoms with Crippen molar-refractivity contribution in [3.8, 4) is 0 Å². The van der Waals surface area contributed by atoms with Gasteiger partial charge in [-0.25, -0.2) is 4.98 Å². The standard InChI is InChI=1S/C29H43NO7S/c1-16-8-7-9-29(6)24(37-29)12-22(17(2)10-19-15-38-18(3)30-19)36-25(32)13-23(31)28(4,5)27(34)21(26(16)33)11-20-14-35-20/h10,15-16,20-24,26,31,33H,7-9,11-14H2,1-6H3/t16-,20?,21?,22?,23?,24?,26+,29?/m0/s1. The Kier molecular flexibility index (Phi) is 8.84. The Balaban J connectivity index is 1.58. The highest BCUT2D eigenvalue weighted by Gasteiger charge is 2.53. The lowest BCUT2D eigenvalue weighted by molar-refractivity contribution is -0.155. The van der Waals surface area contributed by atoms with E-state index in [1.54, 1.807) is 25.2 Å². The summed E-state index contributed by atoms with van der Waals surface area (Å²) in [4.78, 5) is 31.3. The van der Waals surface area contributed by atoms with Crippen LogP contribution < -0.4 is 0 Å². The molecule has 0 spiro atoms. The Morgan fingerprint density at radius 2 is 1.97 bits per heavy atom. The summed E-state index contributed by atoms with van der Waals surface area (Å²) >= 11 is 1.56. The molecule has 0 saturated carbocycles. The molecular formula is C29H43NO7S. The largest absolute Gasteiger partial charge is 0.458 e. The highest BCUT2D eigenvalue weighted by Crippen LogP contribution is 2.45. The number of thiazole rings is 1. The van der Waals surface area contributed by atoms with E-state index >= 15 is 0 Å². The average molecular weight is 550 g/mol. The maximum Gasteiger partial charge on any atom is 0.309 e. The van der Waals surface area contributed by atoms with Crippen molar-refractivity contribution in [3.63, 3.8) is 0 Å². The van der Waals surface area contributed by atoms with Gasteiger partial charge in [0.05, 0.1) is 59.2 Å². The monoisotopic (exact) mass is 549 g/mol. The first kappa shape index (κ1) is 29.3. The van der Waals surface area contributed by atoms with Crippen molar-refractivity contribution in [1.82, 2.24) is 4.98 Å². The molecule has 0 aromatic carbocycles. The molecule has 3 fully saturated rings. The van der Waals surface area contributed by atoms with Crippen LogP contribution in [0, 0.1) is 24.2 Å². The predicted molar refractivity (Wildman–Crippen MR) is 145 cm³/mol. The zero-order chi connectivity index (χ0) is 27.8. The number of Topliss-reactive ketones (excluding diaryl/α,β-unsaturated/α-hetero) is 1. The van der Waals surface area contributed by atoms with Crippen LogP contribution in [-0.4, -0.2) is 69.7 Å². The molecule has 9 heteroatoms. The lowest BCUT2D eigenvalue weighted by Crippen LogP contribution is -2.47. The fourth-order valence-corrected chi connectivity index (χ4v) is 6.17. The Morgan fingerprint density at radius 3 is 2.61 bits per heavy atom. The number of nitrogens with zero attached hydrogens (tertiary/aromatic N) is 1. The number of ketones is 1. The van der Waals surface area contributed by atoms with Crippen molar-refractivity contribution in [2.45, 2.75) is 116 Å². The van der Waals surface area contributed by atoms with Gasteiger partial charge in [0.25, 0.3) is 0 Å². The number of ether oxygens (including phenoxy) is 3. The van der Waals surface area contributed by atoms with Gasteiger partial charge in [-0.1, -0.05) is 27.2 Å². The molecule has 3 aliphatic heterocycles. The zero-order valence-electron chi connectivity index (χ0n) is 23.4. The van der Waals surface area contributed by atoms with Crippen molar-refractivity contribution >= 4 is 29.2 Å². The van der Waals surface area contributed by atoms with Gasteiger partial charge in [-0.3, -0.25) is 9.59 Å². The molecule has 0 amide bonds. The number of aliphatic hydroxyl groups excluding tert-OH is 2. The molecule has 3 aliphatic rings. The van der Waals surface area contributed by atoms with Gasteiger partial charge >= 0.3 is 5.97 Å². The SMILES string of the molecule is CC(=Cc1csc(C)n1)C1CC2OC2(C)CCC[C@H](C)[C@@H](O)C(CC2CO2)C(=O)C(C)(C)C(O)CC(=O)O1. The van der Waals surface area contributed by atoms with Gasteiger partial charge in [0, 0.05) is 17.7 Å². The molecule has 38 heavy (non-hydrogen) atoms. The number of aliphatic hydroxyl groups is 2. The summed E-state index contributed by atoms with van der Waals surface area (Å²) in [5, 5.41) is 25.2. The van der Waals surface area contributed by atoms with E-state index in [2.05, 4.69) is 11.9 Å². The number of hydrogen-bond donors (Lipinski definition) is 2. The third-order valence-corrected chi connectivity index (χ3v) is 9.46. The molecule has 0 bridgehead atoms. The number of epoxide rings is 2. The molecule has 3 saturated heterocycles. The second-order valence-corrected chi connectivity index (χ2v) is 13.3. The fraction of sp³-hybridized carbons (Fsp3) is 0.759. The molecule has 8 nitrogen and oxygen atoms in total. The van der Waals surface area contributed by atoms with Gasteiger partial charge < -0.3 is 24.4 Å². The molecule has 2 N–H and O–H groups in total. The molecule has 212 valence electrons. The first-order valence-electron chi connectivity index (χ1n) is 13.8. The Morgan fingerprint density at radius 1 is 1.26 bits per heavy atom. The van der Waals surface area contributed by atoms with E-state index in [1.165, 1.54) is 0 Å². The highest BCUT2D eigenvalue weighted by atomic mass is 32.1. The van der Waals surface area contributed by atoms with Gasteiger partial charge in [-0.15, -0.1) is 11.3 Å². The minimum atomic E-state index is -1.26. The van der Waals surface area contributed by atoms with Crippen LogP contribution in [0.25, 0.3) is 6.08 Å². The zero-order valence-corrected chi connectivity index (χ0v) is 24.3. The smallest absolute Gasteiger partial charge is 0.309 e. The van der Waals surface area contributed by atoms with Crippen molar-refractivity contribution < 1.29 is 34.0 Å². The lowest BCUT2D eigenvalue weighted by Gasteiger charge is -2.36. The highest BCUT2D eigenvalue weighted by molar-refractivity contribution is 7.09. The van der Waals surface area contributed by atoms with E-state index in [9.17, 15) is 19.8 Å². The van der Waals surface area contributed by atoms with E-state index in [-0.39, 0.29) is 35.9 Å². The van der Waals surface area contributed by atoms with Crippen LogP contribution in [0.4, 0.5) is 0 Å². The maximum absolute atomic E-state index is 13.7. The number of esters is 1. The Bertz CT molecular complexity index is 1050. The molecular weight excluding hydrogens is 506 g/mol. The summed E-state index contributed by atoms with van der Waals surface area (Å²) in [6.45, 7) is 11.8. The first-order chi connectivity index (χ1) is 17.8. The van der Waals surface area contributed by atoms with E-state index in [1.807, 2.05) is 32.2 Å². The Labute approximate surface area is 229 Å². The summed E-state index contributed by atoms with van der Waals surface area (Å²) in [6.07, 6.45) is 2.19. The number of hydrogen-bond acceptors (Lipinski definition) is 9. The summed E-state index contributed by atoms with van der Waals surface area (Å²) in [5.74, 6) is -1.60. The van der Waals surface area contributed by atoms with Crippen LogP contribution in [0.5, 0.6) is 0 Å². The third-order valence-electron chi connectivity index (χ3n) is 8.67. The van der Waals surface area contributed by atoms with Crippen LogP contribution in [0.2, 0.25) is 0 Å². The molecule has 0 radical (unpaired) electrons. The van der Waals surface area contributed by atoms with Crippen LogP contribution in [-0.2, 0) is 23.8 Å². The quantitative estimate of drug-likeness (QED) is 0.422. The number of carbonyl (C=O) groups excluding carboxylic acids is 2. The van der Waals surface area contributed by atoms with Gasteiger partial charge in [0.15, 0.2) is 0 Å². The van der Waals surface area contributed by atoms with Crippen molar-refractivity contribution in [1.29, 1.82) is 0 Å². The lowest BCUT2D eigenvalue weighted by atomic mass is 9.71. The Hall–Kier alpha value is -1.65. The molecule has 4 rings (SSSR count). The summed E-state index contributed by atoms with van der Waals surface area (Å²) in [6, 6.07) is 0. The average Bonchev–Trinajstić information content (AvgIpc) is 3.74. The van der Waals surface area contributed by atoms with Gasteiger partial charge in [-0.2, -0.15) is 0 Å². The summed E-state index contributed by atoms with van der Waals surface area (Å²) in [7, 11) is 0. The fourth-order valence-electron chi connectivity index (χ4n) is 5.60. The second kappa shape index (κ2) is 11.5. The number of aromatic nitrogens is 1. The summed E-state index contributed by atoms with van der Waals surface area (Å²) in [5.41, 5.74) is 0.113.